The molecule has 1 heterocycles. The van der Waals surface area contributed by atoms with Gasteiger partial charge in [-0.2, -0.15) is 0 Å². The third-order valence-electron chi connectivity index (χ3n) is 3.86. The fourth-order valence-electron chi connectivity index (χ4n) is 2.93. The first kappa shape index (κ1) is 13.3. The Kier molecular flexibility index (Phi) is 4.94. The molecule has 1 aromatic rings. The molecule has 0 unspecified atom stereocenters. The van der Waals surface area contributed by atoms with Gasteiger partial charge in [0.05, 0.1) is 6.54 Å². The van der Waals surface area contributed by atoms with E-state index in [1.54, 1.807) is 0 Å². The maximum Gasteiger partial charge on any atom is 0.0635 e. The largest absolute Gasteiger partial charge is 0.296 e. The van der Waals surface area contributed by atoms with Crippen LogP contribution in [0.1, 0.15) is 49.8 Å². The molecule has 18 heavy (non-hydrogen) atoms. The van der Waals surface area contributed by atoms with Gasteiger partial charge < -0.3 is 0 Å². The molecule has 1 aliphatic rings. The highest BCUT2D eigenvalue weighted by molar-refractivity contribution is 5.33. The summed E-state index contributed by atoms with van der Waals surface area (Å²) in [5.41, 5.74) is 2.82. The van der Waals surface area contributed by atoms with Gasteiger partial charge in [-0.05, 0) is 50.2 Å². The van der Waals surface area contributed by atoms with Crippen LogP contribution in [0.2, 0.25) is 0 Å². The fourth-order valence-corrected chi connectivity index (χ4v) is 2.93. The molecular formula is C16H24N2. The molecule has 2 rings (SSSR count). The van der Waals surface area contributed by atoms with Crippen LogP contribution in [-0.2, 0) is 6.54 Å². The molecule has 98 valence electrons. The summed E-state index contributed by atoms with van der Waals surface area (Å²) in [5.74, 6) is 0. The van der Waals surface area contributed by atoms with Crippen molar-refractivity contribution in [3.05, 3.63) is 35.4 Å². The van der Waals surface area contributed by atoms with Crippen molar-refractivity contribution >= 4 is 6.72 Å². The number of likely N-dealkylation sites (tertiary alicyclic amines) is 1. The molecule has 0 N–H and O–H groups in total. The van der Waals surface area contributed by atoms with Crippen LogP contribution < -0.4 is 0 Å². The Morgan fingerprint density at radius 1 is 1.39 bits per heavy atom. The highest BCUT2D eigenvalue weighted by Gasteiger charge is 2.26. The molecule has 0 radical (unpaired) electrons. The van der Waals surface area contributed by atoms with E-state index < -0.39 is 0 Å². The predicted octanol–water partition coefficient (Wildman–Crippen LogP) is 3.82. The van der Waals surface area contributed by atoms with E-state index >= 15 is 0 Å². The molecule has 0 aromatic heterocycles. The standard InChI is InChI=1S/C16H24N2/c1-3-4-11-18-12-7-10-16(18)15-9-6-5-8-14(15)13-17-2/h5-6,8-9,16H,2-4,7,10-13H2,1H3/t16-/m0/s1. The van der Waals surface area contributed by atoms with E-state index in [1.165, 1.54) is 49.9 Å². The number of aliphatic imine (C=N–C) groups is 1. The summed E-state index contributed by atoms with van der Waals surface area (Å²) < 4.78 is 0. The quantitative estimate of drug-likeness (QED) is 0.694. The normalized spacial score (nSPS) is 20.2. The average Bonchev–Trinajstić information content (AvgIpc) is 2.85. The lowest BCUT2D eigenvalue weighted by atomic mass is 9.98. The minimum atomic E-state index is 0.606. The van der Waals surface area contributed by atoms with Crippen LogP contribution in [0, 0.1) is 0 Å². The zero-order valence-corrected chi connectivity index (χ0v) is 11.4. The number of nitrogens with zero attached hydrogens (tertiary/aromatic N) is 2. The van der Waals surface area contributed by atoms with Gasteiger partial charge in [-0.3, -0.25) is 9.89 Å². The third kappa shape index (κ3) is 2.99. The van der Waals surface area contributed by atoms with Gasteiger partial charge >= 0.3 is 0 Å². The molecule has 0 spiro atoms. The van der Waals surface area contributed by atoms with E-state index in [9.17, 15) is 0 Å². The van der Waals surface area contributed by atoms with Gasteiger partial charge in [-0.1, -0.05) is 37.6 Å². The fraction of sp³-hybridized carbons (Fsp3) is 0.562. The van der Waals surface area contributed by atoms with Crippen molar-refractivity contribution < 1.29 is 0 Å². The molecule has 0 bridgehead atoms. The highest BCUT2D eigenvalue weighted by Crippen LogP contribution is 2.34. The minimum Gasteiger partial charge on any atom is -0.296 e. The van der Waals surface area contributed by atoms with Crippen molar-refractivity contribution in [1.82, 2.24) is 4.90 Å². The lowest BCUT2D eigenvalue weighted by Gasteiger charge is -2.26. The summed E-state index contributed by atoms with van der Waals surface area (Å²) >= 11 is 0. The first-order valence-corrected chi connectivity index (χ1v) is 7.11. The Balaban J connectivity index is 2.16. The minimum absolute atomic E-state index is 0.606. The maximum absolute atomic E-state index is 4.06. The van der Waals surface area contributed by atoms with E-state index in [2.05, 4.69) is 47.8 Å². The Labute approximate surface area is 111 Å². The lowest BCUT2D eigenvalue weighted by Crippen LogP contribution is -2.25. The second-order valence-electron chi connectivity index (χ2n) is 5.13. The van der Waals surface area contributed by atoms with Crippen LogP contribution in [0.5, 0.6) is 0 Å². The van der Waals surface area contributed by atoms with Crippen molar-refractivity contribution in [3.63, 3.8) is 0 Å². The summed E-state index contributed by atoms with van der Waals surface area (Å²) in [6.07, 6.45) is 5.19. The lowest BCUT2D eigenvalue weighted by molar-refractivity contribution is 0.252. The summed E-state index contributed by atoms with van der Waals surface area (Å²) in [4.78, 5) is 6.70. The van der Waals surface area contributed by atoms with Crippen LogP contribution in [-0.4, -0.2) is 24.7 Å². The molecule has 0 saturated carbocycles. The molecule has 2 nitrogen and oxygen atoms in total. The van der Waals surface area contributed by atoms with Crippen LogP contribution >= 0.6 is 0 Å². The first-order chi connectivity index (χ1) is 8.86. The summed E-state index contributed by atoms with van der Waals surface area (Å²) in [6.45, 7) is 9.12. The first-order valence-electron chi connectivity index (χ1n) is 7.11. The van der Waals surface area contributed by atoms with Crippen LogP contribution in [0.15, 0.2) is 29.3 Å². The SMILES string of the molecule is C=NCc1ccccc1[C@@H]1CCCN1CCCC. The smallest absolute Gasteiger partial charge is 0.0635 e. The van der Waals surface area contributed by atoms with E-state index in [4.69, 9.17) is 0 Å². The number of rotatable bonds is 6. The Hall–Kier alpha value is -1.15. The molecular weight excluding hydrogens is 220 g/mol. The molecule has 1 aromatic carbocycles. The number of hydrogen-bond donors (Lipinski definition) is 0. The molecule has 1 saturated heterocycles. The molecule has 0 aliphatic carbocycles. The van der Waals surface area contributed by atoms with Gasteiger partial charge in [0.15, 0.2) is 0 Å². The second-order valence-corrected chi connectivity index (χ2v) is 5.13. The van der Waals surface area contributed by atoms with Crippen LogP contribution in [0.3, 0.4) is 0 Å². The second kappa shape index (κ2) is 6.69. The van der Waals surface area contributed by atoms with Gasteiger partial charge in [0.25, 0.3) is 0 Å². The van der Waals surface area contributed by atoms with Gasteiger partial charge in [0.2, 0.25) is 0 Å². The van der Waals surface area contributed by atoms with E-state index in [-0.39, 0.29) is 0 Å². The molecule has 2 heteroatoms. The Bertz CT molecular complexity index is 386. The maximum atomic E-state index is 4.06. The van der Waals surface area contributed by atoms with E-state index in [0.717, 1.165) is 6.54 Å². The monoisotopic (exact) mass is 244 g/mol. The highest BCUT2D eigenvalue weighted by atomic mass is 15.2. The van der Waals surface area contributed by atoms with Crippen molar-refractivity contribution in [2.45, 2.75) is 45.2 Å². The van der Waals surface area contributed by atoms with Crippen molar-refractivity contribution in [3.8, 4) is 0 Å². The van der Waals surface area contributed by atoms with Crippen LogP contribution in [0.25, 0.3) is 0 Å². The van der Waals surface area contributed by atoms with Gasteiger partial charge in [0, 0.05) is 6.04 Å². The number of unbranched alkanes of at least 4 members (excludes halogenated alkanes) is 1. The molecule has 0 amide bonds. The van der Waals surface area contributed by atoms with Gasteiger partial charge in [-0.15, -0.1) is 0 Å². The van der Waals surface area contributed by atoms with Gasteiger partial charge in [0.1, 0.15) is 0 Å². The molecule has 1 fully saturated rings. The summed E-state index contributed by atoms with van der Waals surface area (Å²) in [5, 5.41) is 0. The Morgan fingerprint density at radius 3 is 3.00 bits per heavy atom. The van der Waals surface area contributed by atoms with Gasteiger partial charge in [-0.25, -0.2) is 0 Å². The van der Waals surface area contributed by atoms with Crippen LogP contribution in [0.4, 0.5) is 0 Å². The zero-order chi connectivity index (χ0) is 12.8. The molecule has 1 atom stereocenters. The summed E-state index contributed by atoms with van der Waals surface area (Å²) in [6, 6.07) is 9.33. The van der Waals surface area contributed by atoms with Crippen molar-refractivity contribution in [1.29, 1.82) is 0 Å². The molecule has 1 aliphatic heterocycles. The predicted molar refractivity (Wildman–Crippen MR) is 78.2 cm³/mol. The van der Waals surface area contributed by atoms with E-state index in [0.29, 0.717) is 6.04 Å². The number of benzene rings is 1. The Morgan fingerprint density at radius 2 is 2.22 bits per heavy atom. The topological polar surface area (TPSA) is 15.6 Å². The van der Waals surface area contributed by atoms with Crippen molar-refractivity contribution in [2.24, 2.45) is 4.99 Å². The average molecular weight is 244 g/mol. The van der Waals surface area contributed by atoms with Crippen molar-refractivity contribution in [2.75, 3.05) is 13.1 Å². The summed E-state index contributed by atoms with van der Waals surface area (Å²) in [7, 11) is 0. The zero-order valence-electron chi connectivity index (χ0n) is 11.4. The number of hydrogen-bond acceptors (Lipinski definition) is 2. The third-order valence-corrected chi connectivity index (χ3v) is 3.86. The van der Waals surface area contributed by atoms with E-state index in [1.807, 2.05) is 0 Å².